The molecule has 0 aliphatic heterocycles. The van der Waals surface area contributed by atoms with Gasteiger partial charge in [0.05, 0.1) is 12.2 Å². The molecule has 0 aliphatic rings. The largest absolute Gasteiger partial charge is 0.357 e. The minimum Gasteiger partial charge on any atom is -0.357 e. The van der Waals surface area contributed by atoms with Crippen LogP contribution in [0.1, 0.15) is 56.5 Å². The molecule has 6 nitrogen and oxygen atoms in total. The van der Waals surface area contributed by atoms with E-state index in [-0.39, 0.29) is 24.0 Å². The summed E-state index contributed by atoms with van der Waals surface area (Å²) in [6.45, 7) is 10.8. The zero-order valence-corrected chi connectivity index (χ0v) is 19.3. The summed E-state index contributed by atoms with van der Waals surface area (Å²) >= 11 is 0. The first-order valence-corrected chi connectivity index (χ1v) is 9.64. The summed E-state index contributed by atoms with van der Waals surface area (Å²) in [6, 6.07) is 6.11. The Morgan fingerprint density at radius 2 is 1.93 bits per heavy atom. The third-order valence-electron chi connectivity index (χ3n) is 4.12. The predicted molar refractivity (Wildman–Crippen MR) is 123 cm³/mol. The molecule has 27 heavy (non-hydrogen) atoms. The maximum absolute atomic E-state index is 4.66. The Morgan fingerprint density at radius 1 is 1.11 bits per heavy atom. The smallest absolute Gasteiger partial charge is 0.191 e. The third-order valence-corrected chi connectivity index (χ3v) is 4.12. The van der Waals surface area contributed by atoms with Crippen LogP contribution in [-0.4, -0.2) is 33.8 Å². The molecular formula is C20H33IN6. The van der Waals surface area contributed by atoms with E-state index in [1.807, 2.05) is 30.8 Å². The van der Waals surface area contributed by atoms with Crippen LogP contribution in [0, 0.1) is 13.8 Å². The van der Waals surface area contributed by atoms with Crippen molar-refractivity contribution in [3.63, 3.8) is 0 Å². The molecule has 0 aliphatic carbocycles. The predicted octanol–water partition coefficient (Wildman–Crippen LogP) is 4.14. The number of unbranched alkanes of at least 4 members (excludes halogenated alkanes) is 3. The van der Waals surface area contributed by atoms with E-state index in [4.69, 9.17) is 0 Å². The zero-order valence-electron chi connectivity index (χ0n) is 17.0. The normalized spacial score (nSPS) is 11.2. The lowest BCUT2D eigenvalue weighted by molar-refractivity contribution is 0.647. The first kappa shape index (κ1) is 23.4. The Morgan fingerprint density at radius 3 is 2.52 bits per heavy atom. The first-order valence-electron chi connectivity index (χ1n) is 9.64. The van der Waals surface area contributed by atoms with E-state index in [9.17, 15) is 0 Å². The number of nitrogens with one attached hydrogen (secondary N) is 2. The Bertz CT molecular complexity index is 693. The number of nitrogens with zero attached hydrogens (tertiary/aromatic N) is 4. The van der Waals surface area contributed by atoms with E-state index in [0.717, 1.165) is 41.8 Å². The number of hydrogen-bond acceptors (Lipinski definition) is 3. The van der Waals surface area contributed by atoms with Crippen molar-refractivity contribution in [2.45, 2.75) is 59.9 Å². The van der Waals surface area contributed by atoms with E-state index in [1.165, 1.54) is 25.7 Å². The molecule has 0 saturated heterocycles. The minimum atomic E-state index is 0. The molecule has 2 aromatic heterocycles. The van der Waals surface area contributed by atoms with Crippen LogP contribution in [0.3, 0.4) is 0 Å². The molecule has 0 aromatic carbocycles. The average Bonchev–Trinajstić information content (AvgIpc) is 2.98. The number of aliphatic imine (C=N–C) groups is 1. The van der Waals surface area contributed by atoms with Crippen LogP contribution >= 0.6 is 24.0 Å². The molecule has 2 heterocycles. The van der Waals surface area contributed by atoms with Gasteiger partial charge in [0.15, 0.2) is 11.8 Å². The van der Waals surface area contributed by atoms with Gasteiger partial charge >= 0.3 is 0 Å². The Kier molecular flexibility index (Phi) is 11.0. The van der Waals surface area contributed by atoms with Gasteiger partial charge in [-0.2, -0.15) is 5.10 Å². The maximum Gasteiger partial charge on any atom is 0.191 e. The SMILES string of the molecule is CCCCCCNC(=NCc1ccc(-n2nc(C)cc2C)nc1)NCC.I. The van der Waals surface area contributed by atoms with Crippen LogP contribution in [-0.2, 0) is 6.54 Å². The molecule has 2 N–H and O–H groups in total. The number of aryl methyl sites for hydroxylation is 2. The quantitative estimate of drug-likeness (QED) is 0.243. The summed E-state index contributed by atoms with van der Waals surface area (Å²) < 4.78 is 1.87. The molecule has 0 saturated carbocycles. The lowest BCUT2D eigenvalue weighted by Crippen LogP contribution is -2.37. The summed E-state index contributed by atoms with van der Waals surface area (Å²) in [7, 11) is 0. The van der Waals surface area contributed by atoms with Gasteiger partial charge in [-0.05, 0) is 44.9 Å². The summed E-state index contributed by atoms with van der Waals surface area (Å²) in [5.74, 6) is 1.70. The highest BCUT2D eigenvalue weighted by Gasteiger charge is 2.05. The lowest BCUT2D eigenvalue weighted by atomic mass is 10.2. The van der Waals surface area contributed by atoms with E-state index in [2.05, 4.69) is 51.7 Å². The first-order chi connectivity index (χ1) is 12.6. The number of rotatable bonds is 9. The molecule has 0 unspecified atom stereocenters. The van der Waals surface area contributed by atoms with Crippen molar-refractivity contribution in [3.8, 4) is 5.82 Å². The van der Waals surface area contributed by atoms with Gasteiger partial charge in [-0.1, -0.05) is 32.3 Å². The number of halogens is 1. The Balaban J connectivity index is 0.00000364. The Labute approximate surface area is 180 Å². The molecule has 0 amide bonds. The molecule has 0 atom stereocenters. The fourth-order valence-corrected chi connectivity index (χ4v) is 2.77. The fraction of sp³-hybridized carbons (Fsp3) is 0.550. The summed E-state index contributed by atoms with van der Waals surface area (Å²) in [5.41, 5.74) is 3.17. The molecule has 2 aromatic rings. The van der Waals surface area contributed by atoms with Crippen molar-refractivity contribution in [3.05, 3.63) is 41.3 Å². The van der Waals surface area contributed by atoms with Crippen LogP contribution in [0.15, 0.2) is 29.4 Å². The van der Waals surface area contributed by atoms with Crippen LogP contribution in [0.2, 0.25) is 0 Å². The average molecular weight is 484 g/mol. The monoisotopic (exact) mass is 484 g/mol. The van der Waals surface area contributed by atoms with Crippen LogP contribution in [0.4, 0.5) is 0 Å². The maximum atomic E-state index is 4.66. The van der Waals surface area contributed by atoms with E-state index < -0.39 is 0 Å². The van der Waals surface area contributed by atoms with Gasteiger partial charge in [0.2, 0.25) is 0 Å². The topological polar surface area (TPSA) is 67.1 Å². The van der Waals surface area contributed by atoms with Crippen molar-refractivity contribution in [1.29, 1.82) is 0 Å². The molecule has 2 rings (SSSR count). The second kappa shape index (κ2) is 12.7. The van der Waals surface area contributed by atoms with Crippen molar-refractivity contribution < 1.29 is 0 Å². The van der Waals surface area contributed by atoms with Gasteiger partial charge in [0.25, 0.3) is 0 Å². The molecule has 150 valence electrons. The lowest BCUT2D eigenvalue weighted by Gasteiger charge is -2.11. The van der Waals surface area contributed by atoms with Gasteiger partial charge in [0.1, 0.15) is 0 Å². The van der Waals surface area contributed by atoms with Crippen molar-refractivity contribution in [1.82, 2.24) is 25.4 Å². The molecular weight excluding hydrogens is 451 g/mol. The molecule has 7 heteroatoms. The summed E-state index contributed by atoms with van der Waals surface area (Å²) in [5, 5.41) is 11.2. The highest BCUT2D eigenvalue weighted by molar-refractivity contribution is 14.0. The summed E-state index contributed by atoms with van der Waals surface area (Å²) in [4.78, 5) is 9.19. The van der Waals surface area contributed by atoms with Gasteiger partial charge in [-0.15, -0.1) is 24.0 Å². The van der Waals surface area contributed by atoms with Gasteiger partial charge in [0, 0.05) is 25.0 Å². The fourth-order valence-electron chi connectivity index (χ4n) is 2.77. The van der Waals surface area contributed by atoms with Crippen LogP contribution in [0.5, 0.6) is 0 Å². The number of pyridine rings is 1. The number of aromatic nitrogens is 3. The molecule has 0 radical (unpaired) electrons. The number of guanidine groups is 1. The van der Waals surface area contributed by atoms with Crippen molar-refractivity contribution in [2.75, 3.05) is 13.1 Å². The van der Waals surface area contributed by atoms with Gasteiger partial charge in [-0.3, -0.25) is 0 Å². The third kappa shape index (κ3) is 7.86. The standard InChI is InChI=1S/C20H32N6.HI/c1-5-7-8-9-12-22-20(21-6-2)24-15-18-10-11-19(23-14-18)26-17(4)13-16(3)25-26;/h10-11,13-14H,5-9,12,15H2,1-4H3,(H2,21,22,24);1H. The van der Waals surface area contributed by atoms with Crippen LogP contribution < -0.4 is 10.6 Å². The zero-order chi connectivity index (χ0) is 18.8. The van der Waals surface area contributed by atoms with E-state index in [1.54, 1.807) is 0 Å². The highest BCUT2D eigenvalue weighted by atomic mass is 127. The minimum absolute atomic E-state index is 0. The Hall–Kier alpha value is -1.64. The highest BCUT2D eigenvalue weighted by Crippen LogP contribution is 2.10. The molecule has 0 fully saturated rings. The molecule has 0 bridgehead atoms. The van der Waals surface area contributed by atoms with Gasteiger partial charge < -0.3 is 10.6 Å². The number of hydrogen-bond donors (Lipinski definition) is 2. The second-order valence-electron chi connectivity index (χ2n) is 6.55. The van der Waals surface area contributed by atoms with Gasteiger partial charge in [-0.25, -0.2) is 14.7 Å². The van der Waals surface area contributed by atoms with E-state index >= 15 is 0 Å². The molecule has 0 spiro atoms. The summed E-state index contributed by atoms with van der Waals surface area (Å²) in [6.07, 6.45) is 6.87. The second-order valence-corrected chi connectivity index (χ2v) is 6.55. The van der Waals surface area contributed by atoms with Crippen molar-refractivity contribution >= 4 is 29.9 Å². The van der Waals surface area contributed by atoms with E-state index in [0.29, 0.717) is 6.54 Å². The van der Waals surface area contributed by atoms with Crippen LogP contribution in [0.25, 0.3) is 5.82 Å². The van der Waals surface area contributed by atoms with Crippen molar-refractivity contribution in [2.24, 2.45) is 4.99 Å².